The van der Waals surface area contributed by atoms with Crippen molar-refractivity contribution in [1.82, 2.24) is 4.90 Å². The fourth-order valence-electron chi connectivity index (χ4n) is 6.08. The Kier molecular flexibility index (Phi) is 5.42. The molecule has 0 aromatic heterocycles. The van der Waals surface area contributed by atoms with E-state index in [0.717, 1.165) is 11.3 Å². The Morgan fingerprint density at radius 3 is 2.78 bits per heavy atom. The number of rotatable bonds is 2. The summed E-state index contributed by atoms with van der Waals surface area (Å²) in [5, 5.41) is 1.34. The zero-order chi connectivity index (χ0) is 22.8. The van der Waals surface area contributed by atoms with Crippen LogP contribution in [0.5, 0.6) is 0 Å². The number of benzene rings is 1. The van der Waals surface area contributed by atoms with Crippen molar-refractivity contribution < 1.29 is 23.9 Å². The van der Waals surface area contributed by atoms with Gasteiger partial charge in [-0.2, -0.15) is 5.06 Å². The van der Waals surface area contributed by atoms with E-state index in [-0.39, 0.29) is 36.5 Å². The number of fused-ring (bicyclic) bond motifs is 2. The van der Waals surface area contributed by atoms with Crippen molar-refractivity contribution in [2.24, 2.45) is 11.8 Å². The summed E-state index contributed by atoms with van der Waals surface area (Å²) in [4.78, 5) is 34.1. The molecule has 5 atom stereocenters. The summed E-state index contributed by atoms with van der Waals surface area (Å²) in [7, 11) is 1.48. The minimum atomic E-state index is -1.71. The number of nitrogens with zero attached hydrogens (tertiary/aromatic N) is 2. The second-order valence-electron chi connectivity index (χ2n) is 8.62. The first-order chi connectivity index (χ1) is 15.2. The van der Waals surface area contributed by atoms with Crippen molar-refractivity contribution in [3.63, 3.8) is 0 Å². The van der Waals surface area contributed by atoms with E-state index >= 15 is 0 Å². The van der Waals surface area contributed by atoms with Gasteiger partial charge in [0.15, 0.2) is 0 Å². The molecule has 1 spiro atoms. The highest BCUT2D eigenvalue weighted by Gasteiger charge is 2.66. The Bertz CT molecular complexity index is 996. The average Bonchev–Trinajstić information content (AvgIpc) is 3.07. The van der Waals surface area contributed by atoms with Crippen molar-refractivity contribution >= 4 is 52.5 Å². The molecule has 1 saturated carbocycles. The molecule has 4 heterocycles. The van der Waals surface area contributed by atoms with Crippen LogP contribution in [0, 0.1) is 11.8 Å². The van der Waals surface area contributed by atoms with Crippen LogP contribution in [0.3, 0.4) is 0 Å². The molecule has 172 valence electrons. The topological polar surface area (TPSA) is 68.3 Å². The van der Waals surface area contributed by atoms with Gasteiger partial charge in [0.25, 0.3) is 5.91 Å². The molecule has 3 saturated heterocycles. The van der Waals surface area contributed by atoms with Gasteiger partial charge in [-0.15, -0.1) is 0 Å². The third-order valence-electron chi connectivity index (χ3n) is 7.24. The normalized spacial score (nSPS) is 34.4. The summed E-state index contributed by atoms with van der Waals surface area (Å²) in [5.74, 6) is -0.0512. The van der Waals surface area contributed by atoms with Crippen molar-refractivity contribution in [1.29, 1.82) is 0 Å². The molecule has 6 rings (SSSR count). The predicted molar refractivity (Wildman–Crippen MR) is 120 cm³/mol. The van der Waals surface area contributed by atoms with E-state index in [9.17, 15) is 9.59 Å². The summed E-state index contributed by atoms with van der Waals surface area (Å²) in [5.41, 5.74) is 1.50. The lowest BCUT2D eigenvalue weighted by Gasteiger charge is -2.40. The lowest BCUT2D eigenvalue weighted by molar-refractivity contribution is -0.137. The third kappa shape index (κ3) is 3.09. The summed E-state index contributed by atoms with van der Waals surface area (Å²) in [6.07, 6.45) is 2.04. The van der Waals surface area contributed by atoms with E-state index < -0.39 is 15.3 Å². The Morgan fingerprint density at radius 1 is 1.34 bits per heavy atom. The molecule has 2 amide bonds. The highest BCUT2D eigenvalue weighted by atomic mass is 35.6. The van der Waals surface area contributed by atoms with Crippen molar-refractivity contribution in [3.8, 4) is 0 Å². The zero-order valence-corrected chi connectivity index (χ0v) is 19.9. The lowest BCUT2D eigenvalue weighted by atomic mass is 9.71. The molecule has 2 unspecified atom stereocenters. The summed E-state index contributed by atoms with van der Waals surface area (Å²) in [6.45, 7) is 1.99. The minimum Gasteiger partial charge on any atom is -0.445 e. The van der Waals surface area contributed by atoms with Gasteiger partial charge in [-0.25, -0.2) is 4.79 Å². The number of halogens is 3. The molecule has 32 heavy (non-hydrogen) atoms. The SMILES string of the molecule is C/C=C1\C2C[C@H]3OCC2[C@H](C[C@@]32C(=O)N(OC)c3ccccc32)N1C(=O)OCC(Cl)(Cl)Cl. The smallest absolute Gasteiger partial charge is 0.414 e. The molecule has 7 nitrogen and oxygen atoms in total. The highest BCUT2D eigenvalue weighted by Crippen LogP contribution is 2.59. The van der Waals surface area contributed by atoms with Gasteiger partial charge in [-0.05, 0) is 31.4 Å². The van der Waals surface area contributed by atoms with Gasteiger partial charge >= 0.3 is 6.09 Å². The molecule has 4 bridgehead atoms. The molecule has 1 aromatic rings. The van der Waals surface area contributed by atoms with Crippen LogP contribution in [0.15, 0.2) is 36.0 Å². The molecule has 0 radical (unpaired) electrons. The van der Waals surface area contributed by atoms with E-state index in [1.165, 1.54) is 12.2 Å². The van der Waals surface area contributed by atoms with E-state index in [0.29, 0.717) is 25.1 Å². The fourth-order valence-corrected chi connectivity index (χ4v) is 6.24. The van der Waals surface area contributed by atoms with Gasteiger partial charge in [0, 0.05) is 23.6 Å². The maximum absolute atomic E-state index is 13.8. The number of para-hydroxylation sites is 1. The van der Waals surface area contributed by atoms with Crippen LogP contribution >= 0.6 is 34.8 Å². The number of hydrogen-bond acceptors (Lipinski definition) is 5. The number of hydroxylamine groups is 1. The monoisotopic (exact) mass is 500 g/mol. The van der Waals surface area contributed by atoms with Crippen molar-refractivity contribution in [2.45, 2.75) is 41.1 Å². The standard InChI is InChI=1S/C22H23Cl3N2O5/c1-3-15-12-8-18-21(14-6-4-5-7-16(14)27(30-2)19(21)28)9-17(13(12)10-31-18)26(15)20(29)32-11-22(23,24)25/h3-7,12-13,17-18H,8-11H2,1-2H3/b15-3+/t12?,13?,17-,18+,21-/m0/s1. The highest BCUT2D eigenvalue weighted by molar-refractivity contribution is 6.67. The summed E-state index contributed by atoms with van der Waals surface area (Å²) < 4.78 is 9.95. The van der Waals surface area contributed by atoms with Crippen LogP contribution in [-0.2, 0) is 24.5 Å². The Hall–Kier alpha value is -1.51. The third-order valence-corrected chi connectivity index (χ3v) is 7.57. The van der Waals surface area contributed by atoms with Gasteiger partial charge in [-0.1, -0.05) is 59.1 Å². The number of allylic oxidation sites excluding steroid dienone is 2. The fraction of sp³-hybridized carbons (Fsp3) is 0.545. The Balaban J connectivity index is 1.58. The first kappa shape index (κ1) is 22.3. The number of amides is 2. The number of likely N-dealkylation sites (tertiary alicyclic amines) is 1. The number of carbonyl (C=O) groups is 2. The van der Waals surface area contributed by atoms with Crippen LogP contribution in [0.25, 0.3) is 0 Å². The van der Waals surface area contributed by atoms with Crippen molar-refractivity contribution in [3.05, 3.63) is 41.6 Å². The second-order valence-corrected chi connectivity index (χ2v) is 11.1. The first-order valence-electron chi connectivity index (χ1n) is 10.5. The van der Waals surface area contributed by atoms with E-state index in [2.05, 4.69) is 0 Å². The molecule has 0 N–H and O–H groups in total. The number of hydrogen-bond donors (Lipinski definition) is 0. The predicted octanol–water partition coefficient (Wildman–Crippen LogP) is 4.35. The zero-order valence-electron chi connectivity index (χ0n) is 17.6. The molecular formula is C22H23Cl3N2O5. The average molecular weight is 502 g/mol. The molecule has 10 heteroatoms. The molecule has 5 aliphatic rings. The van der Waals surface area contributed by atoms with E-state index in [1.807, 2.05) is 37.3 Å². The maximum Gasteiger partial charge on any atom is 0.414 e. The van der Waals surface area contributed by atoms with Gasteiger partial charge in [0.2, 0.25) is 3.79 Å². The molecule has 1 aromatic carbocycles. The van der Waals surface area contributed by atoms with Crippen molar-refractivity contribution in [2.75, 3.05) is 25.4 Å². The number of carbonyl (C=O) groups excluding carboxylic acids is 2. The maximum atomic E-state index is 13.8. The van der Waals surface area contributed by atoms with Crippen LogP contribution in [0.4, 0.5) is 10.5 Å². The molecule has 4 fully saturated rings. The summed E-state index contributed by atoms with van der Waals surface area (Å²) >= 11 is 17.4. The lowest BCUT2D eigenvalue weighted by Crippen LogP contribution is -2.53. The van der Waals surface area contributed by atoms with E-state index in [4.69, 9.17) is 49.1 Å². The Morgan fingerprint density at radius 2 is 2.09 bits per heavy atom. The second kappa shape index (κ2) is 7.77. The number of ether oxygens (including phenoxy) is 2. The number of anilines is 1. The van der Waals surface area contributed by atoms with Crippen LogP contribution in [-0.4, -0.2) is 53.2 Å². The molecular weight excluding hydrogens is 479 g/mol. The summed E-state index contributed by atoms with van der Waals surface area (Å²) in [6, 6.07) is 7.30. The van der Waals surface area contributed by atoms with Gasteiger partial charge in [0.1, 0.15) is 12.0 Å². The van der Waals surface area contributed by atoms with Gasteiger partial charge in [-0.3, -0.25) is 14.5 Å². The van der Waals surface area contributed by atoms with Crippen LogP contribution in [0.2, 0.25) is 0 Å². The first-order valence-corrected chi connectivity index (χ1v) is 11.6. The van der Waals surface area contributed by atoms with E-state index in [1.54, 1.807) is 4.90 Å². The quantitative estimate of drug-likeness (QED) is 0.564. The van der Waals surface area contributed by atoms with Gasteiger partial charge < -0.3 is 9.47 Å². The minimum absolute atomic E-state index is 0.0497. The van der Waals surface area contributed by atoms with Gasteiger partial charge in [0.05, 0.1) is 25.5 Å². The molecule has 1 aliphatic carbocycles. The Labute approximate surface area is 201 Å². The molecule has 4 aliphatic heterocycles. The van der Waals surface area contributed by atoms with Crippen LogP contribution < -0.4 is 5.06 Å². The largest absolute Gasteiger partial charge is 0.445 e. The van der Waals surface area contributed by atoms with Crippen LogP contribution in [0.1, 0.15) is 25.3 Å². The number of alkyl halides is 3.